The van der Waals surface area contributed by atoms with E-state index in [4.69, 9.17) is 0 Å². The summed E-state index contributed by atoms with van der Waals surface area (Å²) in [5.74, 6) is -0.0925. The summed E-state index contributed by atoms with van der Waals surface area (Å²) in [7, 11) is 3.34. The molecule has 0 saturated heterocycles. The van der Waals surface area contributed by atoms with Gasteiger partial charge in [-0.05, 0) is 19.8 Å². The van der Waals surface area contributed by atoms with E-state index in [2.05, 4.69) is 22.6 Å². The molecule has 0 N–H and O–H groups in total. The molecule has 0 bridgehead atoms. The van der Waals surface area contributed by atoms with E-state index in [1.165, 1.54) is 7.05 Å². The molecule has 0 aliphatic heterocycles. The van der Waals surface area contributed by atoms with E-state index in [-0.39, 0.29) is 59.7 Å². The molecule has 1 rings (SSSR count). The first kappa shape index (κ1) is 27.7. The predicted molar refractivity (Wildman–Crippen MR) is 70.7 cm³/mol. The molecule has 0 aliphatic rings. The van der Waals surface area contributed by atoms with Crippen LogP contribution >= 0.6 is 0 Å². The van der Waals surface area contributed by atoms with Gasteiger partial charge in [0.25, 0.3) is 0 Å². The normalized spacial score (nSPS) is 7.53. The van der Waals surface area contributed by atoms with E-state index in [0.29, 0.717) is 12.8 Å². The summed E-state index contributed by atoms with van der Waals surface area (Å²) in [5.41, 5.74) is 1.88. The van der Waals surface area contributed by atoms with Crippen LogP contribution in [0.15, 0.2) is 0 Å². The number of aromatic nitrogens is 3. The molecule has 0 aliphatic carbocycles. The molecular weight excluding hydrogens is 489 g/mol. The Morgan fingerprint density at radius 3 is 2.16 bits per heavy atom. The third-order valence-corrected chi connectivity index (χ3v) is 2.03. The second-order valence-corrected chi connectivity index (χ2v) is 2.86. The maximum absolute atomic E-state index is 10.9. The van der Waals surface area contributed by atoms with Crippen LogP contribution in [0.1, 0.15) is 38.6 Å². The number of aryl methyl sites for hydroxylation is 2. The summed E-state index contributed by atoms with van der Waals surface area (Å²) < 4.78 is 1.70. The number of hydrogen-bond donors (Lipinski definition) is 0. The summed E-state index contributed by atoms with van der Waals surface area (Å²) in [6, 6.07) is 0. The maximum Gasteiger partial charge on any atom is 0.0859 e. The van der Waals surface area contributed by atoms with Gasteiger partial charge in [-0.15, -0.1) is 12.1 Å². The van der Waals surface area contributed by atoms with E-state index in [0.717, 1.165) is 11.4 Å². The van der Waals surface area contributed by atoms with Gasteiger partial charge in [0.05, 0.1) is 17.3 Å². The number of rotatable bonds is 3. The van der Waals surface area contributed by atoms with Gasteiger partial charge in [-0.3, -0.25) is 4.68 Å². The van der Waals surface area contributed by atoms with Crippen molar-refractivity contribution in [1.82, 2.24) is 15.0 Å². The third kappa shape index (κ3) is 11.9. The number of nitrogens with zero attached hydrogens (tertiary/aromatic N) is 4. The zero-order valence-corrected chi connectivity index (χ0v) is 18.6. The quantitative estimate of drug-likeness (QED) is 0.584. The number of carbonyl (C=O) groups excluding carboxylic acids is 1. The molecule has 1 aromatic heterocycles. The van der Waals surface area contributed by atoms with Crippen molar-refractivity contribution in [3.63, 3.8) is 0 Å². The van der Waals surface area contributed by atoms with Crippen LogP contribution in [0.4, 0.5) is 0 Å². The van der Waals surface area contributed by atoms with Crippen molar-refractivity contribution in [3.05, 3.63) is 23.6 Å². The molecular formula is C12H24N4OWY-2. The van der Waals surface area contributed by atoms with Crippen LogP contribution in [0.5, 0.6) is 0 Å². The van der Waals surface area contributed by atoms with E-state index in [9.17, 15) is 4.79 Å². The van der Waals surface area contributed by atoms with Gasteiger partial charge in [0.2, 0.25) is 0 Å². The monoisotopic (exact) mass is 513 g/mol. The van der Waals surface area contributed by atoms with Crippen molar-refractivity contribution in [3.8, 4) is 0 Å². The number of carbonyl (C=O) groups is 1. The first-order valence-corrected chi connectivity index (χ1v) is 5.83. The SMILES string of the molecule is CC.C[N-]C(=O)CCc1nnn(C)c1C.[CH2-]C.[W].[Y]. The summed E-state index contributed by atoms with van der Waals surface area (Å²) in [6.45, 7) is 10.9. The number of hydrogen-bond acceptors (Lipinski definition) is 3. The fourth-order valence-corrected chi connectivity index (χ4v) is 1.02. The third-order valence-electron chi connectivity index (χ3n) is 2.03. The Hall–Kier alpha value is 0.402. The number of amides is 1. The summed E-state index contributed by atoms with van der Waals surface area (Å²) in [4.78, 5) is 10.9. The molecule has 0 fully saturated rings. The van der Waals surface area contributed by atoms with Crippen molar-refractivity contribution in [2.45, 2.75) is 40.5 Å². The second kappa shape index (κ2) is 18.4. The Kier molecular flexibility index (Phi) is 26.8. The minimum Gasteiger partial charge on any atom is -0.656 e. The Morgan fingerprint density at radius 1 is 1.37 bits per heavy atom. The molecule has 109 valence electrons. The van der Waals surface area contributed by atoms with E-state index >= 15 is 0 Å². The van der Waals surface area contributed by atoms with Crippen molar-refractivity contribution in [2.24, 2.45) is 7.05 Å². The largest absolute Gasteiger partial charge is 0.656 e. The fourth-order valence-electron chi connectivity index (χ4n) is 1.02. The standard InChI is InChI=1S/C8H14N4O.C2H6.C2H5.W.Y/c1-6-7(10-11-12(6)3)4-5-8(13)9-2;2*1-2;;/h4-5H2,1-3H3,(H,9,13);1-2H3;1H2,2H3;;/q;;-1;;/p-1. The summed E-state index contributed by atoms with van der Waals surface area (Å²) in [6.07, 6.45) is 1.03. The van der Waals surface area contributed by atoms with Gasteiger partial charge in [-0.1, -0.05) is 19.1 Å². The van der Waals surface area contributed by atoms with Gasteiger partial charge >= 0.3 is 0 Å². The molecule has 1 radical (unpaired) electrons. The average Bonchev–Trinajstić information content (AvgIpc) is 2.72. The first-order valence-electron chi connectivity index (χ1n) is 5.83. The molecule has 0 aromatic carbocycles. The van der Waals surface area contributed by atoms with Gasteiger partial charge in [0, 0.05) is 60.8 Å². The van der Waals surface area contributed by atoms with Gasteiger partial charge in [0.1, 0.15) is 0 Å². The fraction of sp³-hybridized carbons (Fsp3) is 0.667. The minimum absolute atomic E-state index is 0. The van der Waals surface area contributed by atoms with Crippen molar-refractivity contribution < 1.29 is 58.6 Å². The van der Waals surface area contributed by atoms with Crippen LogP contribution in [-0.4, -0.2) is 27.9 Å². The Labute approximate surface area is 156 Å². The molecule has 5 nitrogen and oxygen atoms in total. The molecule has 0 atom stereocenters. The van der Waals surface area contributed by atoms with Crippen molar-refractivity contribution >= 4 is 5.91 Å². The van der Waals surface area contributed by atoms with Crippen molar-refractivity contribution in [2.75, 3.05) is 7.05 Å². The van der Waals surface area contributed by atoms with Crippen LogP contribution in [-0.2, 0) is 72.0 Å². The first-order chi connectivity index (χ1) is 8.15. The van der Waals surface area contributed by atoms with Gasteiger partial charge < -0.3 is 17.0 Å². The van der Waals surface area contributed by atoms with Crippen LogP contribution in [0.25, 0.3) is 5.32 Å². The second-order valence-electron chi connectivity index (χ2n) is 2.86. The Bertz CT molecular complexity index is 319. The van der Waals surface area contributed by atoms with Crippen LogP contribution in [0, 0.1) is 13.8 Å². The Balaban J connectivity index is -0.000000171. The summed E-state index contributed by atoms with van der Waals surface area (Å²) in [5, 5.41) is 11.3. The molecule has 1 aromatic rings. The van der Waals surface area contributed by atoms with E-state index in [1.807, 2.05) is 27.8 Å². The van der Waals surface area contributed by atoms with Gasteiger partial charge in [0.15, 0.2) is 0 Å². The van der Waals surface area contributed by atoms with E-state index in [1.54, 1.807) is 11.6 Å². The van der Waals surface area contributed by atoms with Crippen LogP contribution in [0.2, 0.25) is 0 Å². The molecule has 1 heterocycles. The zero-order chi connectivity index (χ0) is 13.8. The van der Waals surface area contributed by atoms with Crippen LogP contribution < -0.4 is 0 Å². The van der Waals surface area contributed by atoms with Gasteiger partial charge in [-0.25, -0.2) is 0 Å². The van der Waals surface area contributed by atoms with E-state index < -0.39 is 0 Å². The minimum atomic E-state index is -0.0925. The van der Waals surface area contributed by atoms with Crippen LogP contribution in [0.3, 0.4) is 0 Å². The summed E-state index contributed by atoms with van der Waals surface area (Å²) >= 11 is 0. The molecule has 19 heavy (non-hydrogen) atoms. The maximum atomic E-state index is 10.9. The zero-order valence-electron chi connectivity index (χ0n) is 12.8. The smallest absolute Gasteiger partial charge is 0.0859 e. The molecule has 7 heteroatoms. The predicted octanol–water partition coefficient (Wildman–Crippen LogP) is 2.45. The topological polar surface area (TPSA) is 61.9 Å². The Morgan fingerprint density at radius 2 is 1.84 bits per heavy atom. The molecule has 0 spiro atoms. The average molecular weight is 513 g/mol. The molecule has 0 unspecified atom stereocenters. The van der Waals surface area contributed by atoms with Crippen molar-refractivity contribution in [1.29, 1.82) is 0 Å². The van der Waals surface area contributed by atoms with Gasteiger partial charge in [-0.2, -0.15) is 6.92 Å². The molecule has 1 amide bonds. The molecule has 0 saturated carbocycles.